The molecule has 3 aromatic rings. The summed E-state index contributed by atoms with van der Waals surface area (Å²) < 4.78 is 1.12. The van der Waals surface area contributed by atoms with Gasteiger partial charge in [-0.2, -0.15) is 5.26 Å². The van der Waals surface area contributed by atoms with Crippen molar-refractivity contribution >= 4 is 38.3 Å². The molecule has 2 aromatic heterocycles. The number of hydrogen-bond acceptors (Lipinski definition) is 3. The maximum Gasteiger partial charge on any atom is 0.148 e. The zero-order valence-electron chi connectivity index (χ0n) is 9.49. The predicted octanol–water partition coefficient (Wildman–Crippen LogP) is 4.23. The van der Waals surface area contributed by atoms with Crippen molar-refractivity contribution in [3.8, 4) is 16.8 Å². The van der Waals surface area contributed by atoms with Gasteiger partial charge in [-0.25, -0.2) is 4.98 Å². The van der Waals surface area contributed by atoms with Gasteiger partial charge in [-0.05, 0) is 52.7 Å². The Morgan fingerprint density at radius 3 is 2.89 bits per heavy atom. The Bertz CT molecular complexity index is 760. The number of thiophene rings is 1. The van der Waals surface area contributed by atoms with Crippen LogP contribution < -0.4 is 0 Å². The molecule has 0 radical (unpaired) electrons. The number of H-pyrrole nitrogens is 1. The van der Waals surface area contributed by atoms with E-state index in [1.54, 1.807) is 17.4 Å². The third-order valence-electron chi connectivity index (χ3n) is 2.70. The Morgan fingerprint density at radius 2 is 2.22 bits per heavy atom. The molecule has 0 aliphatic heterocycles. The van der Waals surface area contributed by atoms with Crippen LogP contribution in [0.4, 0.5) is 0 Å². The minimum absolute atomic E-state index is 0.640. The molecule has 0 atom stereocenters. The molecular formula is C13H8BrN3S. The fourth-order valence-electron chi connectivity index (χ4n) is 1.77. The number of hydrogen-bond donors (Lipinski definition) is 1. The van der Waals surface area contributed by atoms with Crippen LogP contribution in [0.15, 0.2) is 28.1 Å². The van der Waals surface area contributed by atoms with Gasteiger partial charge in [0, 0.05) is 0 Å². The first kappa shape index (κ1) is 11.5. The Balaban J connectivity index is 2.16. The lowest BCUT2D eigenvalue weighted by molar-refractivity contribution is 1.35. The molecular weight excluding hydrogens is 310 g/mol. The van der Waals surface area contributed by atoms with E-state index in [1.165, 1.54) is 5.56 Å². The maximum absolute atomic E-state index is 8.87. The summed E-state index contributed by atoms with van der Waals surface area (Å²) in [5.74, 6) is 0.846. The number of nitrogens with zero attached hydrogens (tertiary/aromatic N) is 2. The molecule has 18 heavy (non-hydrogen) atoms. The van der Waals surface area contributed by atoms with Crippen molar-refractivity contribution in [1.29, 1.82) is 5.26 Å². The average molecular weight is 318 g/mol. The second-order valence-corrected chi connectivity index (χ2v) is 6.37. The van der Waals surface area contributed by atoms with Crippen LogP contribution in [0, 0.1) is 18.3 Å². The van der Waals surface area contributed by atoms with Crippen molar-refractivity contribution in [3.05, 3.63) is 39.2 Å². The van der Waals surface area contributed by atoms with Crippen LogP contribution in [0.2, 0.25) is 0 Å². The van der Waals surface area contributed by atoms with Gasteiger partial charge in [0.05, 0.1) is 31.3 Å². The van der Waals surface area contributed by atoms with E-state index in [1.807, 2.05) is 12.1 Å². The highest BCUT2D eigenvalue weighted by molar-refractivity contribution is 9.11. The van der Waals surface area contributed by atoms with E-state index >= 15 is 0 Å². The van der Waals surface area contributed by atoms with Crippen molar-refractivity contribution in [2.45, 2.75) is 6.92 Å². The lowest BCUT2D eigenvalue weighted by Crippen LogP contribution is -1.73. The minimum Gasteiger partial charge on any atom is -0.337 e. The molecule has 1 aromatic carbocycles. The SMILES string of the molecule is Cc1cc(-c2nc3ccc(C#N)cc3[nH]2)sc1Br. The van der Waals surface area contributed by atoms with Gasteiger partial charge in [-0.15, -0.1) is 11.3 Å². The highest BCUT2D eigenvalue weighted by atomic mass is 79.9. The summed E-state index contributed by atoms with van der Waals surface area (Å²) in [5, 5.41) is 8.87. The zero-order valence-corrected chi connectivity index (χ0v) is 11.9. The van der Waals surface area contributed by atoms with Gasteiger partial charge < -0.3 is 4.98 Å². The lowest BCUT2D eigenvalue weighted by atomic mass is 10.2. The Labute approximate surface area is 116 Å². The van der Waals surface area contributed by atoms with Crippen LogP contribution in [0.25, 0.3) is 21.7 Å². The zero-order chi connectivity index (χ0) is 12.7. The molecule has 0 aliphatic carbocycles. The van der Waals surface area contributed by atoms with E-state index in [9.17, 15) is 0 Å². The van der Waals surface area contributed by atoms with Crippen LogP contribution in [0.3, 0.4) is 0 Å². The van der Waals surface area contributed by atoms with E-state index in [0.717, 1.165) is 25.5 Å². The number of aromatic nitrogens is 2. The molecule has 0 aliphatic rings. The predicted molar refractivity (Wildman–Crippen MR) is 76.6 cm³/mol. The van der Waals surface area contributed by atoms with Crippen molar-refractivity contribution in [1.82, 2.24) is 9.97 Å². The van der Waals surface area contributed by atoms with Crippen molar-refractivity contribution in [3.63, 3.8) is 0 Å². The van der Waals surface area contributed by atoms with E-state index < -0.39 is 0 Å². The molecule has 88 valence electrons. The van der Waals surface area contributed by atoms with Crippen LogP contribution in [-0.2, 0) is 0 Å². The van der Waals surface area contributed by atoms with Crippen LogP contribution in [0.5, 0.6) is 0 Å². The first-order chi connectivity index (χ1) is 8.67. The first-order valence-electron chi connectivity index (χ1n) is 5.33. The number of nitrogens with one attached hydrogen (secondary N) is 1. The topological polar surface area (TPSA) is 52.5 Å². The Morgan fingerprint density at radius 1 is 1.39 bits per heavy atom. The third-order valence-corrected chi connectivity index (χ3v) is 4.84. The van der Waals surface area contributed by atoms with Crippen LogP contribution in [0.1, 0.15) is 11.1 Å². The lowest BCUT2D eigenvalue weighted by Gasteiger charge is -1.87. The molecule has 3 rings (SSSR count). The van der Waals surface area contributed by atoms with Gasteiger partial charge in [0.25, 0.3) is 0 Å². The fraction of sp³-hybridized carbons (Fsp3) is 0.0769. The monoisotopic (exact) mass is 317 g/mol. The van der Waals surface area contributed by atoms with Gasteiger partial charge in [-0.1, -0.05) is 0 Å². The summed E-state index contributed by atoms with van der Waals surface area (Å²) >= 11 is 5.16. The first-order valence-corrected chi connectivity index (χ1v) is 6.94. The summed E-state index contributed by atoms with van der Waals surface area (Å²) in [6, 6.07) is 9.69. The number of aromatic amines is 1. The molecule has 0 bridgehead atoms. The Kier molecular flexibility index (Phi) is 2.69. The standard InChI is InChI=1S/C13H8BrN3S/c1-7-4-11(18-12(7)14)13-16-9-3-2-8(6-15)5-10(9)17-13/h2-5H,1H3,(H,16,17). The molecule has 0 amide bonds. The van der Waals surface area contributed by atoms with Gasteiger partial charge >= 0.3 is 0 Å². The summed E-state index contributed by atoms with van der Waals surface area (Å²) in [6.45, 7) is 2.06. The molecule has 0 saturated carbocycles. The number of aryl methyl sites for hydroxylation is 1. The van der Waals surface area contributed by atoms with E-state index in [4.69, 9.17) is 5.26 Å². The second-order valence-electron chi connectivity index (χ2n) is 4.00. The fourth-order valence-corrected chi connectivity index (χ4v) is 3.25. The van der Waals surface area contributed by atoms with E-state index in [0.29, 0.717) is 5.56 Å². The maximum atomic E-state index is 8.87. The molecule has 3 nitrogen and oxygen atoms in total. The quantitative estimate of drug-likeness (QED) is 0.730. The highest BCUT2D eigenvalue weighted by Gasteiger charge is 2.10. The molecule has 0 spiro atoms. The number of imidazole rings is 1. The Hall–Kier alpha value is -1.64. The molecule has 2 heterocycles. The second kappa shape index (κ2) is 4.23. The largest absolute Gasteiger partial charge is 0.337 e. The highest BCUT2D eigenvalue weighted by Crippen LogP contribution is 2.34. The summed E-state index contributed by atoms with van der Waals surface area (Å²) in [7, 11) is 0. The number of benzene rings is 1. The van der Waals surface area contributed by atoms with Crippen molar-refractivity contribution < 1.29 is 0 Å². The number of rotatable bonds is 1. The summed E-state index contributed by atoms with van der Waals surface area (Å²) in [6.07, 6.45) is 0. The third kappa shape index (κ3) is 1.84. The molecule has 5 heteroatoms. The smallest absolute Gasteiger partial charge is 0.148 e. The molecule has 0 saturated heterocycles. The average Bonchev–Trinajstić information content (AvgIpc) is 2.92. The van der Waals surface area contributed by atoms with Gasteiger partial charge in [-0.3, -0.25) is 0 Å². The number of nitriles is 1. The molecule has 0 unspecified atom stereocenters. The summed E-state index contributed by atoms with van der Waals surface area (Å²) in [4.78, 5) is 8.88. The van der Waals surface area contributed by atoms with Crippen molar-refractivity contribution in [2.75, 3.05) is 0 Å². The van der Waals surface area contributed by atoms with E-state index in [2.05, 4.69) is 45.0 Å². The van der Waals surface area contributed by atoms with Gasteiger partial charge in [0.1, 0.15) is 5.82 Å². The minimum atomic E-state index is 0.640. The molecule has 0 fully saturated rings. The van der Waals surface area contributed by atoms with E-state index in [-0.39, 0.29) is 0 Å². The van der Waals surface area contributed by atoms with Crippen LogP contribution >= 0.6 is 27.3 Å². The van der Waals surface area contributed by atoms with Crippen LogP contribution in [-0.4, -0.2) is 9.97 Å². The van der Waals surface area contributed by atoms with Crippen molar-refractivity contribution in [2.24, 2.45) is 0 Å². The van der Waals surface area contributed by atoms with Gasteiger partial charge in [0.15, 0.2) is 0 Å². The normalized spacial score (nSPS) is 10.7. The van der Waals surface area contributed by atoms with Gasteiger partial charge in [0.2, 0.25) is 0 Å². The summed E-state index contributed by atoms with van der Waals surface area (Å²) in [5.41, 5.74) is 3.62. The number of fused-ring (bicyclic) bond motifs is 1. The number of halogens is 1. The molecule has 1 N–H and O–H groups in total.